The van der Waals surface area contributed by atoms with E-state index < -0.39 is 6.61 Å². The second kappa shape index (κ2) is 4.45. The average molecular weight is 257 g/mol. The predicted molar refractivity (Wildman–Crippen MR) is 62.6 cm³/mol. The van der Waals surface area contributed by atoms with Gasteiger partial charge in [-0.2, -0.15) is 8.78 Å². The Bertz CT molecular complexity index is 572. The van der Waals surface area contributed by atoms with Crippen LogP contribution in [0.2, 0.25) is 5.02 Å². The molecule has 0 saturated heterocycles. The van der Waals surface area contributed by atoms with Crippen LogP contribution in [0.25, 0.3) is 10.9 Å². The van der Waals surface area contributed by atoms with E-state index in [1.165, 1.54) is 6.20 Å². The van der Waals surface area contributed by atoms with Crippen LogP contribution in [0.1, 0.15) is 11.1 Å². The number of ether oxygens (including phenoxy) is 1. The number of nitrogens with zero attached hydrogens (tertiary/aromatic N) is 1. The highest BCUT2D eigenvalue weighted by Gasteiger charge is 2.15. The summed E-state index contributed by atoms with van der Waals surface area (Å²) in [6.07, 6.45) is 1.52. The summed E-state index contributed by atoms with van der Waals surface area (Å²) in [6.45, 7) is 2.49. The molecule has 0 N–H and O–H groups in total. The van der Waals surface area contributed by atoms with Crippen molar-refractivity contribution >= 4 is 22.5 Å². The number of fused-ring (bicyclic) bond motifs is 1. The topological polar surface area (TPSA) is 22.1 Å². The van der Waals surface area contributed by atoms with E-state index in [1.807, 2.05) is 0 Å². The van der Waals surface area contributed by atoms with Gasteiger partial charge in [0, 0.05) is 11.6 Å². The molecule has 5 heteroatoms. The Labute approximate surface area is 102 Å². The van der Waals surface area contributed by atoms with Gasteiger partial charge >= 0.3 is 6.61 Å². The smallest absolute Gasteiger partial charge is 0.387 e. The number of pyridine rings is 1. The van der Waals surface area contributed by atoms with E-state index in [-0.39, 0.29) is 10.8 Å². The summed E-state index contributed by atoms with van der Waals surface area (Å²) in [6, 6.07) is 3.48. The predicted octanol–water partition coefficient (Wildman–Crippen LogP) is 3.98. The van der Waals surface area contributed by atoms with Gasteiger partial charge in [-0.3, -0.25) is 4.98 Å². The molecule has 0 amide bonds. The molecular weight excluding hydrogens is 248 g/mol. The second-order valence-electron chi connectivity index (χ2n) is 3.63. The van der Waals surface area contributed by atoms with Crippen LogP contribution < -0.4 is 4.74 Å². The Balaban J connectivity index is 2.67. The molecule has 0 spiro atoms. The molecular formula is C12H9ClF2NO. The lowest BCUT2D eigenvalue weighted by molar-refractivity contribution is -0.0501. The maximum Gasteiger partial charge on any atom is 0.387 e. The van der Waals surface area contributed by atoms with Gasteiger partial charge in [0.25, 0.3) is 0 Å². The minimum atomic E-state index is -2.91. The fourth-order valence-corrected chi connectivity index (χ4v) is 1.99. The van der Waals surface area contributed by atoms with E-state index >= 15 is 0 Å². The third-order valence-electron chi connectivity index (χ3n) is 2.32. The molecule has 1 aromatic carbocycles. The largest absolute Gasteiger partial charge is 0.433 e. The van der Waals surface area contributed by atoms with Gasteiger partial charge in [-0.05, 0) is 37.1 Å². The Kier molecular flexibility index (Phi) is 3.15. The number of benzene rings is 1. The number of halogens is 3. The molecule has 2 aromatic rings. The van der Waals surface area contributed by atoms with Crippen molar-refractivity contribution in [3.05, 3.63) is 41.4 Å². The van der Waals surface area contributed by atoms with E-state index in [0.29, 0.717) is 11.1 Å². The molecule has 89 valence electrons. The zero-order valence-corrected chi connectivity index (χ0v) is 9.76. The first kappa shape index (κ1) is 12.0. The molecule has 0 bridgehead atoms. The van der Waals surface area contributed by atoms with Crippen LogP contribution in [-0.4, -0.2) is 11.6 Å². The second-order valence-corrected chi connectivity index (χ2v) is 4.01. The minimum absolute atomic E-state index is 0.0292. The number of hydrogen-bond acceptors (Lipinski definition) is 2. The lowest BCUT2D eigenvalue weighted by Gasteiger charge is -2.12. The molecule has 2 rings (SSSR count). The molecule has 2 nitrogen and oxygen atoms in total. The van der Waals surface area contributed by atoms with Crippen LogP contribution in [0, 0.1) is 13.8 Å². The van der Waals surface area contributed by atoms with Gasteiger partial charge in [-0.25, -0.2) is 0 Å². The van der Waals surface area contributed by atoms with Crippen LogP contribution in [-0.2, 0) is 0 Å². The Morgan fingerprint density at radius 2 is 2.12 bits per heavy atom. The van der Waals surface area contributed by atoms with Crippen LogP contribution in [0.3, 0.4) is 0 Å². The first-order valence-electron chi connectivity index (χ1n) is 4.84. The summed E-state index contributed by atoms with van der Waals surface area (Å²) in [5.41, 5.74) is 1.70. The minimum Gasteiger partial charge on any atom is -0.433 e. The van der Waals surface area contributed by atoms with Crippen molar-refractivity contribution in [1.29, 1.82) is 0 Å². The average Bonchev–Trinajstić information content (AvgIpc) is 2.23. The lowest BCUT2D eigenvalue weighted by atomic mass is 10.1. The molecule has 1 aromatic heterocycles. The molecule has 0 aliphatic rings. The summed E-state index contributed by atoms with van der Waals surface area (Å²) in [7, 11) is 0. The van der Waals surface area contributed by atoms with E-state index in [2.05, 4.69) is 16.6 Å². The van der Waals surface area contributed by atoms with Crippen molar-refractivity contribution < 1.29 is 13.5 Å². The number of hydrogen-bond donors (Lipinski definition) is 0. The SMILES string of the molecule is [CH2]c1cnc2c(Cl)c(OC(F)F)c(C)cc2c1. The molecule has 17 heavy (non-hydrogen) atoms. The fourth-order valence-electron chi connectivity index (χ4n) is 1.63. The van der Waals surface area contributed by atoms with Gasteiger partial charge in [-0.1, -0.05) is 11.6 Å². The van der Waals surface area contributed by atoms with Gasteiger partial charge in [0.15, 0.2) is 0 Å². The highest BCUT2D eigenvalue weighted by molar-refractivity contribution is 6.36. The van der Waals surface area contributed by atoms with Crippen molar-refractivity contribution in [1.82, 2.24) is 4.98 Å². The monoisotopic (exact) mass is 256 g/mol. The molecule has 1 radical (unpaired) electrons. The van der Waals surface area contributed by atoms with Gasteiger partial charge in [-0.15, -0.1) is 0 Å². The maximum atomic E-state index is 12.2. The van der Waals surface area contributed by atoms with Crippen LogP contribution >= 0.6 is 11.6 Å². The fraction of sp³-hybridized carbons (Fsp3) is 0.167. The van der Waals surface area contributed by atoms with E-state index in [4.69, 9.17) is 11.6 Å². The zero-order chi connectivity index (χ0) is 12.6. The van der Waals surface area contributed by atoms with Gasteiger partial charge < -0.3 is 4.74 Å². The van der Waals surface area contributed by atoms with Gasteiger partial charge in [0.2, 0.25) is 0 Å². The zero-order valence-electron chi connectivity index (χ0n) is 9.01. The van der Waals surface area contributed by atoms with Crippen molar-refractivity contribution in [2.45, 2.75) is 13.5 Å². The Morgan fingerprint density at radius 1 is 1.41 bits per heavy atom. The highest BCUT2D eigenvalue weighted by Crippen LogP contribution is 2.36. The highest BCUT2D eigenvalue weighted by atomic mass is 35.5. The summed E-state index contributed by atoms with van der Waals surface area (Å²) in [4.78, 5) is 4.07. The van der Waals surface area contributed by atoms with Crippen molar-refractivity contribution in [2.75, 3.05) is 0 Å². The molecule has 0 atom stereocenters. The van der Waals surface area contributed by atoms with Crippen LogP contribution in [0.15, 0.2) is 18.3 Å². The van der Waals surface area contributed by atoms with E-state index in [9.17, 15) is 8.78 Å². The lowest BCUT2D eigenvalue weighted by Crippen LogP contribution is -2.04. The first-order chi connectivity index (χ1) is 7.99. The number of alkyl halides is 2. The molecule has 1 heterocycles. The van der Waals surface area contributed by atoms with Gasteiger partial charge in [0.1, 0.15) is 10.8 Å². The van der Waals surface area contributed by atoms with Crippen LogP contribution in [0.4, 0.5) is 8.78 Å². The molecule has 0 aliphatic heterocycles. The molecule has 0 unspecified atom stereocenters. The Hall–Kier alpha value is -1.42. The summed E-state index contributed by atoms with van der Waals surface area (Å²) in [5, 5.41) is 0.849. The molecule has 0 fully saturated rings. The summed E-state index contributed by atoms with van der Waals surface area (Å²) < 4.78 is 28.9. The van der Waals surface area contributed by atoms with Gasteiger partial charge in [0.05, 0.1) is 5.52 Å². The number of rotatable bonds is 2. The third-order valence-corrected chi connectivity index (χ3v) is 2.67. The first-order valence-corrected chi connectivity index (χ1v) is 5.22. The normalized spacial score (nSPS) is 11.2. The number of aromatic nitrogens is 1. The standard InChI is InChI=1S/C12H9ClF2NO/c1-6-3-8-4-7(2)11(17-12(14)15)9(13)10(8)16-5-6/h3-5,12H,1H2,2H3. The van der Waals surface area contributed by atoms with E-state index in [0.717, 1.165) is 10.9 Å². The van der Waals surface area contributed by atoms with Crippen molar-refractivity contribution in [3.63, 3.8) is 0 Å². The summed E-state index contributed by atoms with van der Waals surface area (Å²) in [5.74, 6) is -0.0292. The van der Waals surface area contributed by atoms with E-state index in [1.54, 1.807) is 19.1 Å². The third kappa shape index (κ3) is 2.31. The quantitative estimate of drug-likeness (QED) is 0.811. The van der Waals surface area contributed by atoms with Crippen LogP contribution in [0.5, 0.6) is 5.75 Å². The Morgan fingerprint density at radius 3 is 2.76 bits per heavy atom. The molecule has 0 aliphatic carbocycles. The maximum absolute atomic E-state index is 12.2. The summed E-state index contributed by atoms with van der Waals surface area (Å²) >= 11 is 6.00. The van der Waals surface area contributed by atoms with Crippen molar-refractivity contribution in [2.24, 2.45) is 0 Å². The molecule has 0 saturated carbocycles. The number of aryl methyl sites for hydroxylation is 1. The van der Waals surface area contributed by atoms with Crippen molar-refractivity contribution in [3.8, 4) is 5.75 Å².